The number of nitrogens with one attached hydrogen (secondary N) is 1. The summed E-state index contributed by atoms with van der Waals surface area (Å²) in [4.78, 5) is 11.9. The van der Waals surface area contributed by atoms with Gasteiger partial charge >= 0.3 is 0 Å². The number of aliphatic hydroxyl groups is 1. The normalized spacial score (nSPS) is 10.4. The molecule has 0 saturated heterocycles. The predicted octanol–water partition coefficient (Wildman–Crippen LogP) is 2.88. The maximum atomic E-state index is 11.9. The Labute approximate surface area is 137 Å². The van der Waals surface area contributed by atoms with Crippen LogP contribution in [-0.4, -0.2) is 17.6 Å². The van der Waals surface area contributed by atoms with Crippen LogP contribution in [0, 0.1) is 13.8 Å². The molecule has 122 valence electrons. The molecular formula is C19H23NO3. The number of carbonyl (C=O) groups excluding carboxylic acids is 1. The van der Waals surface area contributed by atoms with E-state index in [1.165, 1.54) is 11.1 Å². The van der Waals surface area contributed by atoms with Crippen LogP contribution < -0.4 is 10.1 Å². The highest BCUT2D eigenvalue weighted by molar-refractivity contribution is 5.76. The molecule has 0 spiro atoms. The molecule has 0 atom stereocenters. The molecule has 0 fully saturated rings. The zero-order valence-corrected chi connectivity index (χ0v) is 13.6. The van der Waals surface area contributed by atoms with E-state index in [4.69, 9.17) is 4.74 Å². The van der Waals surface area contributed by atoms with Gasteiger partial charge in [0.05, 0.1) is 19.6 Å². The predicted molar refractivity (Wildman–Crippen MR) is 90.2 cm³/mol. The SMILES string of the molecule is Cc1ccc(OCCC(=O)NCc2ccccc2CO)cc1C. The van der Waals surface area contributed by atoms with Crippen LogP contribution in [0.2, 0.25) is 0 Å². The number of aryl methyl sites for hydroxylation is 2. The van der Waals surface area contributed by atoms with Crippen LogP contribution >= 0.6 is 0 Å². The number of carbonyl (C=O) groups is 1. The van der Waals surface area contributed by atoms with Gasteiger partial charge in [0, 0.05) is 6.54 Å². The first-order valence-electron chi connectivity index (χ1n) is 7.74. The summed E-state index contributed by atoms with van der Waals surface area (Å²) >= 11 is 0. The van der Waals surface area contributed by atoms with Crippen LogP contribution in [0.1, 0.15) is 28.7 Å². The molecule has 23 heavy (non-hydrogen) atoms. The Morgan fingerprint density at radius 3 is 2.52 bits per heavy atom. The van der Waals surface area contributed by atoms with Gasteiger partial charge in [0.1, 0.15) is 5.75 Å². The minimum atomic E-state index is -0.0680. The number of ether oxygens (including phenoxy) is 1. The van der Waals surface area contributed by atoms with Crippen molar-refractivity contribution in [2.75, 3.05) is 6.61 Å². The van der Waals surface area contributed by atoms with Crippen molar-refractivity contribution in [3.8, 4) is 5.75 Å². The summed E-state index contributed by atoms with van der Waals surface area (Å²) in [5.41, 5.74) is 4.16. The molecule has 1 amide bonds. The lowest BCUT2D eigenvalue weighted by molar-refractivity contribution is -0.121. The zero-order valence-electron chi connectivity index (χ0n) is 13.6. The summed E-state index contributed by atoms with van der Waals surface area (Å²) in [6.07, 6.45) is 0.300. The van der Waals surface area contributed by atoms with Crippen LogP contribution in [0.25, 0.3) is 0 Å². The second kappa shape index (κ2) is 8.34. The minimum Gasteiger partial charge on any atom is -0.493 e. The maximum absolute atomic E-state index is 11.9. The molecule has 0 radical (unpaired) electrons. The smallest absolute Gasteiger partial charge is 0.223 e. The van der Waals surface area contributed by atoms with Gasteiger partial charge in [-0.2, -0.15) is 0 Å². The zero-order chi connectivity index (χ0) is 16.7. The van der Waals surface area contributed by atoms with Gasteiger partial charge in [-0.3, -0.25) is 4.79 Å². The van der Waals surface area contributed by atoms with Crippen LogP contribution in [0.5, 0.6) is 5.75 Å². The number of benzene rings is 2. The first-order chi connectivity index (χ1) is 11.1. The quantitative estimate of drug-likeness (QED) is 0.826. The van der Waals surface area contributed by atoms with Crippen molar-refractivity contribution < 1.29 is 14.6 Å². The molecule has 0 aliphatic rings. The molecule has 0 heterocycles. The molecule has 2 rings (SSSR count). The van der Waals surface area contributed by atoms with Gasteiger partial charge in [-0.15, -0.1) is 0 Å². The Kier molecular flexibility index (Phi) is 6.18. The van der Waals surface area contributed by atoms with Crippen LogP contribution in [0.4, 0.5) is 0 Å². The maximum Gasteiger partial charge on any atom is 0.223 e. The molecule has 4 nitrogen and oxygen atoms in total. The van der Waals surface area contributed by atoms with Crippen molar-refractivity contribution >= 4 is 5.91 Å². The summed E-state index contributed by atoms with van der Waals surface area (Å²) in [5, 5.41) is 12.1. The van der Waals surface area contributed by atoms with Gasteiger partial charge < -0.3 is 15.2 Å². The number of aliphatic hydroxyl groups excluding tert-OH is 1. The summed E-state index contributed by atoms with van der Waals surface area (Å²) in [5.74, 6) is 0.716. The highest BCUT2D eigenvalue weighted by Crippen LogP contribution is 2.16. The fourth-order valence-electron chi connectivity index (χ4n) is 2.23. The van der Waals surface area contributed by atoms with Gasteiger partial charge in [0.15, 0.2) is 0 Å². The van der Waals surface area contributed by atoms with E-state index in [0.29, 0.717) is 19.6 Å². The van der Waals surface area contributed by atoms with Crippen molar-refractivity contribution in [1.82, 2.24) is 5.32 Å². The summed E-state index contributed by atoms with van der Waals surface area (Å²) in [6, 6.07) is 13.4. The Bertz CT molecular complexity index is 667. The van der Waals surface area contributed by atoms with E-state index in [2.05, 4.69) is 12.2 Å². The van der Waals surface area contributed by atoms with Crippen LogP contribution in [-0.2, 0) is 17.9 Å². The molecule has 0 aliphatic heterocycles. The van der Waals surface area contributed by atoms with E-state index in [9.17, 15) is 9.90 Å². The lowest BCUT2D eigenvalue weighted by Gasteiger charge is -2.10. The molecule has 2 aromatic carbocycles. The summed E-state index contributed by atoms with van der Waals surface area (Å²) in [7, 11) is 0. The number of rotatable bonds is 7. The second-order valence-electron chi connectivity index (χ2n) is 5.55. The number of amides is 1. The number of hydrogen-bond donors (Lipinski definition) is 2. The molecule has 2 aromatic rings. The van der Waals surface area contributed by atoms with Crippen molar-refractivity contribution in [3.05, 3.63) is 64.7 Å². The Balaban J connectivity index is 1.76. The fourth-order valence-corrected chi connectivity index (χ4v) is 2.23. The van der Waals surface area contributed by atoms with Crippen molar-refractivity contribution in [3.63, 3.8) is 0 Å². The lowest BCUT2D eigenvalue weighted by Crippen LogP contribution is -2.25. The third kappa shape index (κ3) is 5.11. The fraction of sp³-hybridized carbons (Fsp3) is 0.316. The Morgan fingerprint density at radius 1 is 1.09 bits per heavy atom. The monoisotopic (exact) mass is 313 g/mol. The Hall–Kier alpha value is -2.33. The average Bonchev–Trinajstić information content (AvgIpc) is 2.56. The summed E-state index contributed by atoms with van der Waals surface area (Å²) < 4.78 is 5.61. The first kappa shape index (κ1) is 17.0. The van der Waals surface area contributed by atoms with E-state index in [1.807, 2.05) is 49.4 Å². The third-order valence-corrected chi connectivity index (χ3v) is 3.84. The van der Waals surface area contributed by atoms with Crippen molar-refractivity contribution in [2.24, 2.45) is 0 Å². The lowest BCUT2D eigenvalue weighted by atomic mass is 10.1. The average molecular weight is 313 g/mol. The minimum absolute atomic E-state index is 0.0259. The summed E-state index contributed by atoms with van der Waals surface area (Å²) in [6.45, 7) is 4.82. The standard InChI is InChI=1S/C19H23NO3/c1-14-7-8-18(11-15(14)2)23-10-9-19(22)20-12-16-5-3-4-6-17(16)13-21/h3-8,11,21H,9-10,12-13H2,1-2H3,(H,20,22). The number of hydrogen-bond acceptors (Lipinski definition) is 3. The van der Waals surface area contributed by atoms with Crippen molar-refractivity contribution in [2.45, 2.75) is 33.4 Å². The topological polar surface area (TPSA) is 58.6 Å². The molecule has 0 unspecified atom stereocenters. The molecular weight excluding hydrogens is 290 g/mol. The highest BCUT2D eigenvalue weighted by atomic mass is 16.5. The van der Waals surface area contributed by atoms with E-state index in [0.717, 1.165) is 16.9 Å². The van der Waals surface area contributed by atoms with Crippen LogP contribution in [0.15, 0.2) is 42.5 Å². The molecule has 0 saturated carbocycles. The molecule has 0 aliphatic carbocycles. The van der Waals surface area contributed by atoms with Crippen LogP contribution in [0.3, 0.4) is 0 Å². The molecule has 2 N–H and O–H groups in total. The highest BCUT2D eigenvalue weighted by Gasteiger charge is 2.05. The molecule has 4 heteroatoms. The van der Waals surface area contributed by atoms with E-state index in [-0.39, 0.29) is 12.5 Å². The largest absolute Gasteiger partial charge is 0.493 e. The Morgan fingerprint density at radius 2 is 1.83 bits per heavy atom. The third-order valence-electron chi connectivity index (χ3n) is 3.84. The van der Waals surface area contributed by atoms with Crippen molar-refractivity contribution in [1.29, 1.82) is 0 Å². The molecule has 0 aromatic heterocycles. The van der Waals surface area contributed by atoms with E-state index >= 15 is 0 Å². The van der Waals surface area contributed by atoms with E-state index < -0.39 is 0 Å². The van der Waals surface area contributed by atoms with Gasteiger partial charge in [0.2, 0.25) is 5.91 Å². The van der Waals surface area contributed by atoms with Gasteiger partial charge in [-0.25, -0.2) is 0 Å². The van der Waals surface area contributed by atoms with Gasteiger partial charge in [-0.05, 0) is 48.2 Å². The van der Waals surface area contributed by atoms with E-state index in [1.54, 1.807) is 0 Å². The second-order valence-corrected chi connectivity index (χ2v) is 5.55. The first-order valence-corrected chi connectivity index (χ1v) is 7.74. The van der Waals surface area contributed by atoms with Gasteiger partial charge in [-0.1, -0.05) is 30.3 Å². The molecule has 0 bridgehead atoms. The van der Waals surface area contributed by atoms with Gasteiger partial charge in [0.25, 0.3) is 0 Å².